The second-order valence-corrected chi connectivity index (χ2v) is 7.92. The highest BCUT2D eigenvalue weighted by Crippen LogP contribution is 2.23. The molecule has 0 unspecified atom stereocenters. The zero-order valence-corrected chi connectivity index (χ0v) is 19.0. The van der Waals surface area contributed by atoms with E-state index in [1.54, 1.807) is 43.3 Å². The molecule has 1 heterocycles. The molecule has 0 saturated heterocycles. The molecule has 0 aliphatic heterocycles. The van der Waals surface area contributed by atoms with E-state index in [4.69, 9.17) is 46.4 Å². The number of nitrogens with one attached hydrogen (secondary N) is 1. The summed E-state index contributed by atoms with van der Waals surface area (Å²) >= 11 is 23.9. The number of nitrogens with zero attached hydrogens (tertiary/aromatic N) is 3. The molecule has 0 aliphatic rings. The van der Waals surface area contributed by atoms with Gasteiger partial charge in [0.05, 0.1) is 0 Å². The van der Waals surface area contributed by atoms with Crippen molar-refractivity contribution in [1.82, 2.24) is 14.8 Å². The molecule has 158 valence electrons. The van der Waals surface area contributed by atoms with Crippen molar-refractivity contribution >= 4 is 76.3 Å². The van der Waals surface area contributed by atoms with Crippen LogP contribution in [0.2, 0.25) is 20.1 Å². The minimum atomic E-state index is -0.516. The lowest BCUT2D eigenvalue weighted by Crippen LogP contribution is -2.17. The highest BCUT2D eigenvalue weighted by molar-refractivity contribution is 6.36. The number of aromatic nitrogens is 3. The summed E-state index contributed by atoms with van der Waals surface area (Å²) < 4.78 is 1.17. The molecule has 3 aromatic rings. The van der Waals surface area contributed by atoms with Crippen molar-refractivity contribution in [3.63, 3.8) is 0 Å². The quantitative estimate of drug-likeness (QED) is 0.427. The molecule has 0 radical (unpaired) electrons. The van der Waals surface area contributed by atoms with Crippen molar-refractivity contribution in [2.24, 2.45) is 0 Å². The number of rotatable bonds is 5. The average Bonchev–Trinajstić information content (AvgIpc) is 3.06. The standard InChI is InChI=1S/C21H14Cl4N4O2/c1-12-27-28-21(26-19(30)8-4-13-2-6-15(22)10-17(13)24)29(12)20(31)9-5-14-3-7-16(23)11-18(14)25/h2-11H,1H3,(H,26,28,30)/b8-4+,9-5+. The molecule has 0 atom stereocenters. The monoisotopic (exact) mass is 494 g/mol. The van der Waals surface area contributed by atoms with Crippen LogP contribution in [0.3, 0.4) is 0 Å². The number of allylic oxidation sites excluding steroid dienone is 1. The molecule has 2 aromatic carbocycles. The third-order valence-electron chi connectivity index (χ3n) is 4.02. The number of anilines is 1. The molecule has 1 N–H and O–H groups in total. The zero-order chi connectivity index (χ0) is 22.5. The Bertz CT molecular complexity index is 1220. The van der Waals surface area contributed by atoms with Gasteiger partial charge in [-0.3, -0.25) is 14.9 Å². The van der Waals surface area contributed by atoms with Crippen LogP contribution < -0.4 is 5.32 Å². The lowest BCUT2D eigenvalue weighted by atomic mass is 10.2. The van der Waals surface area contributed by atoms with Gasteiger partial charge in [-0.05, 0) is 54.5 Å². The van der Waals surface area contributed by atoms with Gasteiger partial charge >= 0.3 is 0 Å². The Kier molecular flexibility index (Phi) is 7.51. The van der Waals surface area contributed by atoms with Gasteiger partial charge in [-0.2, -0.15) is 0 Å². The second kappa shape index (κ2) is 10.1. The molecule has 3 rings (SSSR count). The van der Waals surface area contributed by atoms with Crippen molar-refractivity contribution in [1.29, 1.82) is 0 Å². The van der Waals surface area contributed by atoms with Gasteiger partial charge in [0.2, 0.25) is 5.95 Å². The maximum absolute atomic E-state index is 12.7. The lowest BCUT2D eigenvalue weighted by Gasteiger charge is -2.05. The Morgan fingerprint density at radius 3 is 1.97 bits per heavy atom. The summed E-state index contributed by atoms with van der Waals surface area (Å²) in [5.41, 5.74) is 1.22. The molecule has 0 fully saturated rings. The molecular weight excluding hydrogens is 482 g/mol. The summed E-state index contributed by atoms with van der Waals surface area (Å²) in [6.07, 6.45) is 5.61. The number of carbonyl (C=O) groups is 2. The van der Waals surface area contributed by atoms with Crippen molar-refractivity contribution in [3.05, 3.63) is 85.6 Å². The summed E-state index contributed by atoms with van der Waals surface area (Å²) in [4.78, 5) is 25.0. The smallest absolute Gasteiger partial charge is 0.258 e. The molecule has 0 spiro atoms. The van der Waals surface area contributed by atoms with Gasteiger partial charge < -0.3 is 0 Å². The molecule has 0 aliphatic carbocycles. The first kappa shape index (κ1) is 23.0. The fourth-order valence-corrected chi connectivity index (χ4v) is 3.48. The summed E-state index contributed by atoms with van der Waals surface area (Å²) in [7, 11) is 0. The van der Waals surface area contributed by atoms with Crippen LogP contribution in [0.15, 0.2) is 48.6 Å². The molecule has 1 aromatic heterocycles. The number of aryl methyl sites for hydroxylation is 1. The van der Waals surface area contributed by atoms with Gasteiger partial charge in [-0.15, -0.1) is 10.2 Å². The SMILES string of the molecule is Cc1nnc(NC(=O)/C=C/c2ccc(Cl)cc2Cl)n1C(=O)/C=C/c1ccc(Cl)cc1Cl. The van der Waals surface area contributed by atoms with Crippen molar-refractivity contribution in [2.45, 2.75) is 6.92 Å². The van der Waals surface area contributed by atoms with E-state index in [1.807, 2.05) is 0 Å². The summed E-state index contributed by atoms with van der Waals surface area (Å²) in [6.45, 7) is 1.59. The number of halogens is 4. The predicted octanol–water partition coefficient (Wildman–Crippen LogP) is 6.21. The second-order valence-electron chi connectivity index (χ2n) is 6.23. The molecule has 0 bridgehead atoms. The van der Waals surface area contributed by atoms with Crippen LogP contribution >= 0.6 is 46.4 Å². The van der Waals surface area contributed by atoms with E-state index in [0.717, 1.165) is 0 Å². The van der Waals surface area contributed by atoms with Crippen molar-refractivity contribution in [2.75, 3.05) is 5.32 Å². The zero-order valence-electron chi connectivity index (χ0n) is 15.9. The normalized spacial score (nSPS) is 11.4. The van der Waals surface area contributed by atoms with Crippen LogP contribution in [-0.4, -0.2) is 26.6 Å². The Balaban J connectivity index is 1.75. The van der Waals surface area contributed by atoms with Gasteiger partial charge in [0.25, 0.3) is 11.8 Å². The number of amides is 1. The van der Waals surface area contributed by atoms with Crippen LogP contribution in [0.5, 0.6) is 0 Å². The van der Waals surface area contributed by atoms with E-state index >= 15 is 0 Å². The fraction of sp³-hybridized carbons (Fsp3) is 0.0476. The number of benzene rings is 2. The minimum Gasteiger partial charge on any atom is -0.291 e. The van der Waals surface area contributed by atoms with Crippen LogP contribution in [0.4, 0.5) is 5.95 Å². The number of hydrogen-bond acceptors (Lipinski definition) is 4. The molecular formula is C21H14Cl4N4O2. The van der Waals surface area contributed by atoms with Crippen molar-refractivity contribution < 1.29 is 9.59 Å². The molecule has 31 heavy (non-hydrogen) atoms. The van der Waals surface area contributed by atoms with E-state index < -0.39 is 11.8 Å². The number of carbonyl (C=O) groups excluding carboxylic acids is 2. The molecule has 6 nitrogen and oxygen atoms in total. The van der Waals surface area contributed by atoms with E-state index in [0.29, 0.717) is 37.0 Å². The molecule has 0 saturated carbocycles. The first-order valence-corrected chi connectivity index (χ1v) is 10.3. The van der Waals surface area contributed by atoms with Gasteiger partial charge in [-0.1, -0.05) is 58.5 Å². The van der Waals surface area contributed by atoms with Gasteiger partial charge in [0, 0.05) is 32.2 Å². The summed E-state index contributed by atoms with van der Waals surface area (Å²) in [6, 6.07) is 9.82. The highest BCUT2D eigenvalue weighted by atomic mass is 35.5. The van der Waals surface area contributed by atoms with E-state index in [9.17, 15) is 9.59 Å². The first-order valence-electron chi connectivity index (χ1n) is 8.78. The van der Waals surface area contributed by atoms with E-state index in [2.05, 4.69) is 15.5 Å². The topological polar surface area (TPSA) is 76.9 Å². The largest absolute Gasteiger partial charge is 0.291 e. The summed E-state index contributed by atoms with van der Waals surface area (Å²) in [5, 5.41) is 12.0. The van der Waals surface area contributed by atoms with Crippen LogP contribution in [0.1, 0.15) is 21.7 Å². The van der Waals surface area contributed by atoms with E-state index in [1.165, 1.54) is 28.9 Å². The van der Waals surface area contributed by atoms with Gasteiger partial charge in [0.15, 0.2) is 0 Å². The Morgan fingerprint density at radius 2 is 1.42 bits per heavy atom. The predicted molar refractivity (Wildman–Crippen MR) is 125 cm³/mol. The highest BCUT2D eigenvalue weighted by Gasteiger charge is 2.15. The Labute approximate surface area is 198 Å². The maximum atomic E-state index is 12.7. The van der Waals surface area contributed by atoms with Crippen LogP contribution in [0, 0.1) is 6.92 Å². The fourth-order valence-electron chi connectivity index (χ4n) is 2.53. The third-order valence-corrected chi connectivity index (χ3v) is 5.15. The Hall–Kier alpha value is -2.64. The van der Waals surface area contributed by atoms with Gasteiger partial charge in [-0.25, -0.2) is 4.57 Å². The van der Waals surface area contributed by atoms with Crippen LogP contribution in [0.25, 0.3) is 12.2 Å². The van der Waals surface area contributed by atoms with Gasteiger partial charge in [0.1, 0.15) is 5.82 Å². The first-order chi connectivity index (χ1) is 14.7. The maximum Gasteiger partial charge on any atom is 0.258 e. The van der Waals surface area contributed by atoms with E-state index in [-0.39, 0.29) is 5.95 Å². The lowest BCUT2D eigenvalue weighted by molar-refractivity contribution is -0.111. The van der Waals surface area contributed by atoms with Crippen LogP contribution in [-0.2, 0) is 4.79 Å². The number of hydrogen-bond donors (Lipinski definition) is 1. The molecule has 10 heteroatoms. The summed E-state index contributed by atoms with van der Waals surface area (Å²) in [5.74, 6) is -0.700. The molecule has 1 amide bonds. The minimum absolute atomic E-state index is 0.0220. The van der Waals surface area contributed by atoms with Crippen molar-refractivity contribution in [3.8, 4) is 0 Å². The average molecular weight is 496 g/mol. The third kappa shape index (κ3) is 5.95. The Morgan fingerprint density at radius 1 is 0.871 bits per heavy atom.